The second-order valence-electron chi connectivity index (χ2n) is 5.97. The molecule has 0 aromatic rings. The average Bonchev–Trinajstić information content (AvgIpc) is 2.45. The molecule has 1 N–H and O–H groups in total. The molecule has 0 aromatic carbocycles. The Hall–Kier alpha value is -0.120. The highest BCUT2D eigenvalue weighted by Gasteiger charge is 2.25. The maximum absolute atomic E-state index is 3.68. The van der Waals surface area contributed by atoms with Crippen LogP contribution in [0.1, 0.15) is 46.0 Å². The number of piperidine rings is 1. The monoisotopic (exact) mass is 253 g/mol. The number of piperazine rings is 1. The Morgan fingerprint density at radius 2 is 1.78 bits per heavy atom. The van der Waals surface area contributed by atoms with Crippen LogP contribution in [0.2, 0.25) is 0 Å². The standard InChI is InChI=1S/C15H31N3/c1-3-14-13-18(15(4-2)12-16-14)11-10-17-8-6-5-7-9-17/h14-16H,3-13H2,1-2H3. The first kappa shape index (κ1) is 14.3. The molecule has 106 valence electrons. The molecule has 2 saturated heterocycles. The fourth-order valence-electron chi connectivity index (χ4n) is 3.33. The van der Waals surface area contributed by atoms with Gasteiger partial charge in [0.25, 0.3) is 0 Å². The number of hydrogen-bond donors (Lipinski definition) is 1. The zero-order chi connectivity index (χ0) is 12.8. The van der Waals surface area contributed by atoms with E-state index in [1.807, 2.05) is 0 Å². The molecule has 2 unspecified atom stereocenters. The topological polar surface area (TPSA) is 18.5 Å². The minimum atomic E-state index is 0.717. The Morgan fingerprint density at radius 3 is 2.44 bits per heavy atom. The van der Waals surface area contributed by atoms with Crippen LogP contribution in [0.5, 0.6) is 0 Å². The molecule has 0 aliphatic carbocycles. The molecular formula is C15H31N3. The lowest BCUT2D eigenvalue weighted by molar-refractivity contribution is 0.102. The molecule has 0 radical (unpaired) electrons. The van der Waals surface area contributed by atoms with Crippen LogP contribution in [-0.2, 0) is 0 Å². The van der Waals surface area contributed by atoms with E-state index in [0.717, 1.165) is 6.04 Å². The number of rotatable bonds is 5. The van der Waals surface area contributed by atoms with Gasteiger partial charge in [0.15, 0.2) is 0 Å². The van der Waals surface area contributed by atoms with E-state index in [0.29, 0.717) is 6.04 Å². The van der Waals surface area contributed by atoms with Gasteiger partial charge in [-0.15, -0.1) is 0 Å². The lowest BCUT2D eigenvalue weighted by atomic mass is 10.1. The first-order valence-electron chi connectivity index (χ1n) is 8.03. The molecule has 0 amide bonds. The molecule has 2 aliphatic rings. The van der Waals surface area contributed by atoms with E-state index < -0.39 is 0 Å². The van der Waals surface area contributed by atoms with Crippen molar-refractivity contribution in [2.24, 2.45) is 0 Å². The number of hydrogen-bond acceptors (Lipinski definition) is 3. The Kier molecular flexibility index (Phi) is 5.93. The lowest BCUT2D eigenvalue weighted by Gasteiger charge is -2.41. The summed E-state index contributed by atoms with van der Waals surface area (Å²) >= 11 is 0. The summed E-state index contributed by atoms with van der Waals surface area (Å²) in [5.41, 5.74) is 0. The van der Waals surface area contributed by atoms with Crippen molar-refractivity contribution in [3.8, 4) is 0 Å². The van der Waals surface area contributed by atoms with Gasteiger partial charge in [-0.2, -0.15) is 0 Å². The van der Waals surface area contributed by atoms with Crippen molar-refractivity contribution in [2.75, 3.05) is 39.3 Å². The van der Waals surface area contributed by atoms with Crippen molar-refractivity contribution in [1.29, 1.82) is 0 Å². The van der Waals surface area contributed by atoms with Gasteiger partial charge in [-0.1, -0.05) is 20.3 Å². The van der Waals surface area contributed by atoms with Gasteiger partial charge in [0.2, 0.25) is 0 Å². The summed E-state index contributed by atoms with van der Waals surface area (Å²) in [5.74, 6) is 0. The van der Waals surface area contributed by atoms with Crippen LogP contribution in [-0.4, -0.2) is 61.2 Å². The molecule has 2 atom stereocenters. The number of nitrogens with zero attached hydrogens (tertiary/aromatic N) is 2. The summed E-state index contributed by atoms with van der Waals surface area (Å²) in [6.45, 7) is 12.3. The van der Waals surface area contributed by atoms with E-state index in [9.17, 15) is 0 Å². The summed E-state index contributed by atoms with van der Waals surface area (Å²) in [6, 6.07) is 1.48. The third-order valence-electron chi connectivity index (χ3n) is 4.73. The second kappa shape index (κ2) is 7.46. The van der Waals surface area contributed by atoms with Crippen LogP contribution < -0.4 is 5.32 Å². The van der Waals surface area contributed by atoms with Gasteiger partial charge in [-0.3, -0.25) is 4.90 Å². The zero-order valence-electron chi connectivity index (χ0n) is 12.3. The molecule has 0 aromatic heterocycles. The Morgan fingerprint density at radius 1 is 1.00 bits per heavy atom. The Bertz CT molecular complexity index is 226. The van der Waals surface area contributed by atoms with Crippen LogP contribution in [0.4, 0.5) is 0 Å². The van der Waals surface area contributed by atoms with Crippen LogP contribution in [0.25, 0.3) is 0 Å². The van der Waals surface area contributed by atoms with Crippen molar-refractivity contribution in [3.05, 3.63) is 0 Å². The van der Waals surface area contributed by atoms with Crippen LogP contribution in [0.15, 0.2) is 0 Å². The number of nitrogens with one attached hydrogen (secondary N) is 1. The van der Waals surface area contributed by atoms with E-state index in [1.165, 1.54) is 71.4 Å². The summed E-state index contributed by atoms with van der Waals surface area (Å²) in [7, 11) is 0. The Balaban J connectivity index is 1.76. The van der Waals surface area contributed by atoms with Crippen molar-refractivity contribution >= 4 is 0 Å². The summed E-state index contributed by atoms with van der Waals surface area (Å²) in [4.78, 5) is 5.40. The van der Waals surface area contributed by atoms with Gasteiger partial charge in [0.1, 0.15) is 0 Å². The van der Waals surface area contributed by atoms with Gasteiger partial charge in [-0.05, 0) is 38.8 Å². The first-order valence-corrected chi connectivity index (χ1v) is 8.03. The predicted octanol–water partition coefficient (Wildman–Crippen LogP) is 1.93. The van der Waals surface area contributed by atoms with E-state index in [4.69, 9.17) is 0 Å². The molecule has 2 heterocycles. The molecule has 0 spiro atoms. The smallest absolute Gasteiger partial charge is 0.0219 e. The molecular weight excluding hydrogens is 222 g/mol. The van der Waals surface area contributed by atoms with Crippen LogP contribution >= 0.6 is 0 Å². The summed E-state index contributed by atoms with van der Waals surface area (Å²) in [5, 5.41) is 3.68. The predicted molar refractivity (Wildman–Crippen MR) is 78.0 cm³/mol. The van der Waals surface area contributed by atoms with Crippen molar-refractivity contribution in [2.45, 2.75) is 58.0 Å². The van der Waals surface area contributed by atoms with Crippen molar-refractivity contribution < 1.29 is 0 Å². The summed E-state index contributed by atoms with van der Waals surface area (Å²) < 4.78 is 0. The average molecular weight is 253 g/mol. The Labute approximate surface area is 113 Å². The third-order valence-corrected chi connectivity index (χ3v) is 4.73. The molecule has 2 fully saturated rings. The highest BCUT2D eigenvalue weighted by atomic mass is 15.3. The molecule has 3 heteroatoms. The second-order valence-corrected chi connectivity index (χ2v) is 5.97. The number of likely N-dealkylation sites (tertiary alicyclic amines) is 1. The lowest BCUT2D eigenvalue weighted by Crippen LogP contribution is -2.57. The maximum Gasteiger partial charge on any atom is 0.0219 e. The molecule has 2 aliphatic heterocycles. The quantitative estimate of drug-likeness (QED) is 0.808. The van der Waals surface area contributed by atoms with Crippen molar-refractivity contribution in [3.63, 3.8) is 0 Å². The van der Waals surface area contributed by atoms with Crippen LogP contribution in [0, 0.1) is 0 Å². The molecule has 0 saturated carbocycles. The zero-order valence-corrected chi connectivity index (χ0v) is 12.3. The SMILES string of the molecule is CCC1CN(CCN2CCCCC2)C(CC)CN1. The minimum absolute atomic E-state index is 0.717. The van der Waals surface area contributed by atoms with Gasteiger partial charge in [-0.25, -0.2) is 0 Å². The normalized spacial score (nSPS) is 31.7. The van der Waals surface area contributed by atoms with E-state index >= 15 is 0 Å². The fraction of sp³-hybridized carbons (Fsp3) is 1.00. The highest BCUT2D eigenvalue weighted by molar-refractivity contribution is 4.85. The molecule has 18 heavy (non-hydrogen) atoms. The van der Waals surface area contributed by atoms with Gasteiger partial charge < -0.3 is 10.2 Å². The molecule has 2 rings (SSSR count). The highest BCUT2D eigenvalue weighted by Crippen LogP contribution is 2.13. The maximum atomic E-state index is 3.68. The van der Waals surface area contributed by atoms with Gasteiger partial charge >= 0.3 is 0 Å². The van der Waals surface area contributed by atoms with E-state index in [-0.39, 0.29) is 0 Å². The van der Waals surface area contributed by atoms with E-state index in [1.54, 1.807) is 0 Å². The van der Waals surface area contributed by atoms with Gasteiger partial charge in [0.05, 0.1) is 0 Å². The first-order chi connectivity index (χ1) is 8.83. The van der Waals surface area contributed by atoms with Crippen molar-refractivity contribution in [1.82, 2.24) is 15.1 Å². The fourth-order valence-corrected chi connectivity index (χ4v) is 3.33. The minimum Gasteiger partial charge on any atom is -0.311 e. The van der Waals surface area contributed by atoms with Crippen LogP contribution in [0.3, 0.4) is 0 Å². The third kappa shape index (κ3) is 3.94. The largest absolute Gasteiger partial charge is 0.311 e. The summed E-state index contributed by atoms with van der Waals surface area (Å²) in [6.07, 6.45) is 6.81. The van der Waals surface area contributed by atoms with E-state index in [2.05, 4.69) is 29.0 Å². The molecule has 3 nitrogen and oxygen atoms in total. The van der Waals surface area contributed by atoms with Gasteiger partial charge in [0, 0.05) is 38.3 Å². The molecule has 0 bridgehead atoms.